The number of rotatable bonds is 12. The van der Waals surface area contributed by atoms with Crippen LogP contribution in [-0.4, -0.2) is 33.2 Å². The van der Waals surface area contributed by atoms with E-state index in [9.17, 15) is 14.9 Å². The summed E-state index contributed by atoms with van der Waals surface area (Å²) in [5, 5.41) is 12.5. The molecule has 4 aromatic rings. The van der Waals surface area contributed by atoms with Crippen LogP contribution in [0.1, 0.15) is 27.0 Å². The number of ether oxygens (including phenoxy) is 5. The van der Waals surface area contributed by atoms with Crippen molar-refractivity contribution in [1.29, 1.82) is 5.26 Å². The van der Waals surface area contributed by atoms with Gasteiger partial charge in [-0.1, -0.05) is 48.0 Å². The average molecular weight is 613 g/mol. The van der Waals surface area contributed by atoms with Crippen molar-refractivity contribution in [1.82, 2.24) is 0 Å². The molecular weight excluding hydrogens is 584 g/mol. The quantitative estimate of drug-likeness (QED) is 0.105. The van der Waals surface area contributed by atoms with Gasteiger partial charge in [-0.2, -0.15) is 5.26 Å². The van der Waals surface area contributed by atoms with E-state index in [1.165, 1.54) is 44.6 Å². The molecule has 1 amide bonds. The van der Waals surface area contributed by atoms with Crippen LogP contribution in [0, 0.1) is 11.3 Å². The highest BCUT2D eigenvalue weighted by molar-refractivity contribution is 6.32. The van der Waals surface area contributed by atoms with Crippen LogP contribution >= 0.6 is 11.6 Å². The van der Waals surface area contributed by atoms with Crippen LogP contribution in [0.2, 0.25) is 5.02 Å². The number of carbonyl (C=O) groups excluding carboxylic acids is 2. The van der Waals surface area contributed by atoms with E-state index in [4.69, 9.17) is 30.5 Å². The van der Waals surface area contributed by atoms with Gasteiger partial charge < -0.3 is 29.0 Å². The number of esters is 1. The Morgan fingerprint density at radius 2 is 1.52 bits per heavy atom. The predicted molar refractivity (Wildman–Crippen MR) is 166 cm³/mol. The maximum Gasteiger partial charge on any atom is 0.337 e. The highest BCUT2D eigenvalue weighted by atomic mass is 35.5. The van der Waals surface area contributed by atoms with E-state index < -0.39 is 11.9 Å². The van der Waals surface area contributed by atoms with Gasteiger partial charge in [0.05, 0.1) is 31.9 Å². The Bertz CT molecular complexity index is 1700. The van der Waals surface area contributed by atoms with Gasteiger partial charge in [0, 0.05) is 5.69 Å². The Hall–Kier alpha value is -5.46. The molecule has 0 spiro atoms. The fourth-order valence-corrected chi connectivity index (χ4v) is 4.37. The second-order valence-corrected chi connectivity index (χ2v) is 9.68. The number of nitriles is 1. The van der Waals surface area contributed by atoms with Gasteiger partial charge >= 0.3 is 5.97 Å². The van der Waals surface area contributed by atoms with Crippen molar-refractivity contribution in [2.45, 2.75) is 13.2 Å². The molecule has 0 heterocycles. The second-order valence-electron chi connectivity index (χ2n) is 9.28. The van der Waals surface area contributed by atoms with Crippen molar-refractivity contribution in [3.63, 3.8) is 0 Å². The molecule has 0 saturated heterocycles. The first-order valence-electron chi connectivity index (χ1n) is 13.3. The third-order valence-corrected chi connectivity index (χ3v) is 6.62. The van der Waals surface area contributed by atoms with Crippen molar-refractivity contribution in [3.05, 3.63) is 118 Å². The van der Waals surface area contributed by atoms with Gasteiger partial charge in [-0.3, -0.25) is 4.79 Å². The Labute approximate surface area is 260 Å². The molecule has 10 heteroatoms. The van der Waals surface area contributed by atoms with Gasteiger partial charge in [-0.15, -0.1) is 0 Å². The Kier molecular flexibility index (Phi) is 10.8. The van der Waals surface area contributed by atoms with Gasteiger partial charge in [-0.05, 0) is 71.3 Å². The van der Waals surface area contributed by atoms with Crippen molar-refractivity contribution in [2.24, 2.45) is 0 Å². The minimum absolute atomic E-state index is 0.154. The Balaban J connectivity index is 1.45. The number of carbonyl (C=O) groups is 2. The third kappa shape index (κ3) is 8.09. The molecule has 224 valence electrons. The van der Waals surface area contributed by atoms with Crippen molar-refractivity contribution in [3.8, 4) is 29.1 Å². The van der Waals surface area contributed by atoms with Crippen LogP contribution in [0.3, 0.4) is 0 Å². The fraction of sp³-hybridized carbons (Fsp3) is 0.147. The van der Waals surface area contributed by atoms with E-state index >= 15 is 0 Å². The van der Waals surface area contributed by atoms with E-state index in [1.807, 2.05) is 54.6 Å². The first-order valence-corrected chi connectivity index (χ1v) is 13.7. The van der Waals surface area contributed by atoms with Crippen molar-refractivity contribution in [2.75, 3.05) is 26.6 Å². The molecular formula is C34H29ClN2O7. The van der Waals surface area contributed by atoms with Crippen molar-refractivity contribution >= 4 is 35.2 Å². The summed E-state index contributed by atoms with van der Waals surface area (Å²) in [5.74, 6) is 0.627. The standard InChI is InChI=1S/C34H29ClN2O7/c1-40-30-17-23(9-14-29(30)43-20-22-7-5-4-6-8-22)21-44-32-28(35)16-24(18-31(32)41-2)15-26(19-36)33(38)37-27-12-10-25(11-13-27)34(39)42-3/h4-18H,20-21H2,1-3H3,(H,37,38)/b26-15-. The van der Waals surface area contributed by atoms with Gasteiger partial charge in [-0.25, -0.2) is 4.79 Å². The van der Waals surface area contributed by atoms with Gasteiger partial charge in [0.1, 0.15) is 24.9 Å². The molecule has 0 unspecified atom stereocenters. The molecule has 0 bridgehead atoms. The number of methoxy groups -OCH3 is 3. The highest BCUT2D eigenvalue weighted by Gasteiger charge is 2.16. The van der Waals surface area contributed by atoms with E-state index in [2.05, 4.69) is 10.1 Å². The summed E-state index contributed by atoms with van der Waals surface area (Å²) >= 11 is 6.55. The average Bonchev–Trinajstić information content (AvgIpc) is 3.06. The summed E-state index contributed by atoms with van der Waals surface area (Å²) in [6.07, 6.45) is 1.38. The molecule has 4 rings (SSSR count). The van der Waals surface area contributed by atoms with E-state index in [0.29, 0.717) is 46.4 Å². The molecule has 0 aliphatic carbocycles. The lowest BCUT2D eigenvalue weighted by atomic mass is 10.1. The number of halogens is 1. The molecule has 1 N–H and O–H groups in total. The first-order chi connectivity index (χ1) is 21.3. The zero-order chi connectivity index (χ0) is 31.5. The molecule has 0 saturated carbocycles. The number of hydrogen-bond donors (Lipinski definition) is 1. The van der Waals surface area contributed by atoms with Gasteiger partial charge in [0.2, 0.25) is 0 Å². The minimum atomic E-state index is -0.640. The number of anilines is 1. The topological polar surface area (TPSA) is 116 Å². The summed E-state index contributed by atoms with van der Waals surface area (Å²) in [6.45, 7) is 0.557. The van der Waals surface area contributed by atoms with Crippen LogP contribution in [0.15, 0.2) is 90.5 Å². The molecule has 0 aromatic heterocycles. The summed E-state index contributed by atoms with van der Waals surface area (Å²) in [4.78, 5) is 24.4. The minimum Gasteiger partial charge on any atom is -0.493 e. The van der Waals surface area contributed by atoms with Crippen LogP contribution in [0.25, 0.3) is 6.08 Å². The molecule has 0 atom stereocenters. The molecule has 0 fully saturated rings. The lowest BCUT2D eigenvalue weighted by Crippen LogP contribution is -2.13. The number of hydrogen-bond acceptors (Lipinski definition) is 8. The lowest BCUT2D eigenvalue weighted by Gasteiger charge is -2.15. The van der Waals surface area contributed by atoms with Crippen molar-refractivity contribution < 1.29 is 33.3 Å². The summed E-state index contributed by atoms with van der Waals surface area (Å²) in [5.41, 5.74) is 2.85. The molecule has 0 aliphatic heterocycles. The third-order valence-electron chi connectivity index (χ3n) is 6.34. The molecule has 0 radical (unpaired) electrons. The van der Waals surface area contributed by atoms with E-state index in [-0.39, 0.29) is 17.2 Å². The lowest BCUT2D eigenvalue weighted by molar-refractivity contribution is -0.112. The molecule has 9 nitrogen and oxygen atoms in total. The van der Waals surface area contributed by atoms with Crippen LogP contribution in [0.5, 0.6) is 23.0 Å². The number of nitrogens with one attached hydrogen (secondary N) is 1. The Morgan fingerprint density at radius 3 is 2.18 bits per heavy atom. The van der Waals surface area contributed by atoms with Crippen LogP contribution < -0.4 is 24.3 Å². The number of benzene rings is 4. The molecule has 4 aromatic carbocycles. The van der Waals surface area contributed by atoms with E-state index in [0.717, 1.165) is 11.1 Å². The molecule has 0 aliphatic rings. The maximum atomic E-state index is 12.8. The fourth-order valence-electron chi connectivity index (χ4n) is 4.10. The monoisotopic (exact) mass is 612 g/mol. The van der Waals surface area contributed by atoms with Gasteiger partial charge in [0.25, 0.3) is 5.91 Å². The predicted octanol–water partition coefficient (Wildman–Crippen LogP) is 6.85. The van der Waals surface area contributed by atoms with Gasteiger partial charge in [0.15, 0.2) is 23.0 Å². The highest BCUT2D eigenvalue weighted by Crippen LogP contribution is 2.38. The molecule has 44 heavy (non-hydrogen) atoms. The first kappa shape index (κ1) is 31.5. The van der Waals surface area contributed by atoms with E-state index in [1.54, 1.807) is 19.2 Å². The zero-order valence-electron chi connectivity index (χ0n) is 24.3. The van der Waals surface area contributed by atoms with Crippen LogP contribution in [-0.2, 0) is 22.7 Å². The number of amides is 1. The second kappa shape index (κ2) is 15.1. The summed E-state index contributed by atoms with van der Waals surface area (Å²) in [6, 6.07) is 26.5. The largest absolute Gasteiger partial charge is 0.493 e. The summed E-state index contributed by atoms with van der Waals surface area (Å²) in [7, 11) is 4.31. The zero-order valence-corrected chi connectivity index (χ0v) is 25.0. The maximum absolute atomic E-state index is 12.8. The Morgan fingerprint density at radius 1 is 0.818 bits per heavy atom. The SMILES string of the molecule is COC(=O)c1ccc(NC(=O)/C(C#N)=C\c2cc(Cl)c(OCc3ccc(OCc4ccccc4)c(OC)c3)c(OC)c2)cc1. The normalized spacial score (nSPS) is 10.8. The smallest absolute Gasteiger partial charge is 0.337 e. The summed E-state index contributed by atoms with van der Waals surface area (Å²) < 4.78 is 27.6. The van der Waals surface area contributed by atoms with Crippen LogP contribution in [0.4, 0.5) is 5.69 Å². The number of nitrogens with zero attached hydrogens (tertiary/aromatic N) is 1.